The number of carbonyl (C=O) groups is 1. The predicted molar refractivity (Wildman–Crippen MR) is 71.9 cm³/mol. The van der Waals surface area contributed by atoms with Gasteiger partial charge in [-0.15, -0.1) is 0 Å². The van der Waals surface area contributed by atoms with Crippen molar-refractivity contribution in [2.45, 2.75) is 6.61 Å². The molecule has 0 saturated carbocycles. The lowest BCUT2D eigenvalue weighted by Crippen LogP contribution is -2.00. The molecule has 0 bridgehead atoms. The van der Waals surface area contributed by atoms with Crippen molar-refractivity contribution in [3.63, 3.8) is 0 Å². The van der Waals surface area contributed by atoms with Gasteiger partial charge in [0.25, 0.3) is 0 Å². The summed E-state index contributed by atoms with van der Waals surface area (Å²) in [6, 6.07) is 14.2. The number of aromatic carboxylic acids is 1. The molecule has 0 atom stereocenters. The first kappa shape index (κ1) is 12.6. The summed E-state index contributed by atoms with van der Waals surface area (Å²) in [5.41, 5.74) is 1.09. The fourth-order valence-corrected chi connectivity index (χ4v) is 1.92. The number of carboxylic acid groups (broad SMARTS) is 1. The number of hydrogen-bond donors (Lipinski definition) is 1. The maximum atomic E-state index is 10.8. The van der Waals surface area contributed by atoms with Gasteiger partial charge >= 0.3 is 5.97 Å². The molecule has 0 amide bonds. The average Bonchev–Trinajstić information content (AvgIpc) is 2.38. The SMILES string of the molecule is O=C(O)c1cccc(COc2ccccc2Br)c1. The second-order valence-electron chi connectivity index (χ2n) is 3.72. The van der Waals surface area contributed by atoms with E-state index in [2.05, 4.69) is 15.9 Å². The molecule has 1 N–H and O–H groups in total. The Morgan fingerprint density at radius 1 is 1.17 bits per heavy atom. The highest BCUT2D eigenvalue weighted by molar-refractivity contribution is 9.10. The molecule has 4 heteroatoms. The lowest BCUT2D eigenvalue weighted by atomic mass is 10.1. The van der Waals surface area contributed by atoms with E-state index in [-0.39, 0.29) is 5.56 Å². The van der Waals surface area contributed by atoms with Gasteiger partial charge < -0.3 is 9.84 Å². The summed E-state index contributed by atoms with van der Waals surface area (Å²) in [6.45, 7) is 0.337. The van der Waals surface area contributed by atoms with Crippen molar-refractivity contribution in [2.75, 3.05) is 0 Å². The summed E-state index contributed by atoms with van der Waals surface area (Å²) in [6.07, 6.45) is 0. The molecule has 0 aromatic heterocycles. The second kappa shape index (κ2) is 5.69. The highest BCUT2D eigenvalue weighted by atomic mass is 79.9. The molecule has 0 aliphatic carbocycles. The molecule has 2 aromatic carbocycles. The third-order valence-corrected chi connectivity index (χ3v) is 3.06. The molecule has 18 heavy (non-hydrogen) atoms. The minimum Gasteiger partial charge on any atom is -0.488 e. The van der Waals surface area contributed by atoms with Crippen LogP contribution in [0.4, 0.5) is 0 Å². The Bertz CT molecular complexity index is 566. The van der Waals surface area contributed by atoms with Crippen LogP contribution in [-0.4, -0.2) is 11.1 Å². The highest BCUT2D eigenvalue weighted by Gasteiger charge is 2.04. The molecular weight excluding hydrogens is 296 g/mol. The van der Waals surface area contributed by atoms with Gasteiger partial charge in [0.1, 0.15) is 12.4 Å². The van der Waals surface area contributed by atoms with Crippen LogP contribution in [0.3, 0.4) is 0 Å². The number of para-hydroxylation sites is 1. The Balaban J connectivity index is 2.09. The first-order valence-corrected chi connectivity index (χ1v) is 6.15. The number of rotatable bonds is 4. The standard InChI is InChI=1S/C14H11BrO3/c15-12-6-1-2-7-13(12)18-9-10-4-3-5-11(8-10)14(16)17/h1-8H,9H2,(H,16,17). The normalized spacial score (nSPS) is 10.1. The molecule has 0 fully saturated rings. The summed E-state index contributed by atoms with van der Waals surface area (Å²) in [7, 11) is 0. The van der Waals surface area contributed by atoms with Gasteiger partial charge in [-0.2, -0.15) is 0 Å². The molecule has 0 aliphatic heterocycles. The van der Waals surface area contributed by atoms with Crippen molar-refractivity contribution in [1.29, 1.82) is 0 Å². The molecule has 0 heterocycles. The lowest BCUT2D eigenvalue weighted by Gasteiger charge is -2.08. The average molecular weight is 307 g/mol. The Kier molecular flexibility index (Phi) is 3.99. The van der Waals surface area contributed by atoms with Gasteiger partial charge in [-0.3, -0.25) is 0 Å². The van der Waals surface area contributed by atoms with Crippen molar-refractivity contribution in [1.82, 2.24) is 0 Å². The number of halogens is 1. The molecule has 0 aliphatic rings. The maximum Gasteiger partial charge on any atom is 0.335 e. The fraction of sp³-hybridized carbons (Fsp3) is 0.0714. The van der Waals surface area contributed by atoms with E-state index in [1.54, 1.807) is 18.2 Å². The second-order valence-corrected chi connectivity index (χ2v) is 4.58. The van der Waals surface area contributed by atoms with E-state index in [9.17, 15) is 4.79 Å². The van der Waals surface area contributed by atoms with Crippen LogP contribution in [0.1, 0.15) is 15.9 Å². The lowest BCUT2D eigenvalue weighted by molar-refractivity contribution is 0.0696. The van der Waals surface area contributed by atoms with E-state index in [1.807, 2.05) is 30.3 Å². The number of hydrogen-bond acceptors (Lipinski definition) is 2. The summed E-state index contributed by atoms with van der Waals surface area (Å²) in [4.78, 5) is 10.8. The zero-order valence-corrected chi connectivity index (χ0v) is 11.1. The van der Waals surface area contributed by atoms with E-state index in [0.717, 1.165) is 15.8 Å². The molecule has 92 valence electrons. The monoisotopic (exact) mass is 306 g/mol. The molecule has 2 rings (SSSR count). The summed E-state index contributed by atoms with van der Waals surface area (Å²) in [5.74, 6) is -0.198. The maximum absolute atomic E-state index is 10.8. The first-order chi connectivity index (χ1) is 8.66. The van der Waals surface area contributed by atoms with Gasteiger partial charge in [-0.1, -0.05) is 24.3 Å². The molecule has 3 nitrogen and oxygen atoms in total. The van der Waals surface area contributed by atoms with Gasteiger partial charge in [0.15, 0.2) is 0 Å². The van der Waals surface area contributed by atoms with Crippen molar-refractivity contribution in [3.8, 4) is 5.75 Å². The summed E-state index contributed by atoms with van der Waals surface area (Å²) >= 11 is 3.39. The number of carboxylic acids is 1. The smallest absolute Gasteiger partial charge is 0.335 e. The predicted octanol–water partition coefficient (Wildman–Crippen LogP) is 3.73. The Hall–Kier alpha value is -1.81. The third kappa shape index (κ3) is 3.11. The van der Waals surface area contributed by atoms with Gasteiger partial charge in [0.05, 0.1) is 10.0 Å². The van der Waals surface area contributed by atoms with Gasteiger partial charge in [0.2, 0.25) is 0 Å². The van der Waals surface area contributed by atoms with Crippen LogP contribution in [-0.2, 0) is 6.61 Å². The van der Waals surface area contributed by atoms with E-state index in [0.29, 0.717) is 6.61 Å². The molecule has 0 spiro atoms. The van der Waals surface area contributed by atoms with Gasteiger partial charge in [-0.05, 0) is 45.8 Å². The minimum absolute atomic E-state index is 0.267. The molecular formula is C14H11BrO3. The van der Waals surface area contributed by atoms with Crippen LogP contribution in [0, 0.1) is 0 Å². The Morgan fingerprint density at radius 3 is 2.67 bits per heavy atom. The van der Waals surface area contributed by atoms with Crippen LogP contribution in [0.5, 0.6) is 5.75 Å². The Morgan fingerprint density at radius 2 is 1.94 bits per heavy atom. The van der Waals surface area contributed by atoms with Crippen LogP contribution in [0.2, 0.25) is 0 Å². The van der Waals surface area contributed by atoms with Crippen molar-refractivity contribution >= 4 is 21.9 Å². The first-order valence-electron chi connectivity index (χ1n) is 5.36. The zero-order valence-electron chi connectivity index (χ0n) is 9.47. The molecule has 0 radical (unpaired) electrons. The quantitative estimate of drug-likeness (QED) is 0.936. The topological polar surface area (TPSA) is 46.5 Å². The summed E-state index contributed by atoms with van der Waals surface area (Å²) in [5, 5.41) is 8.89. The van der Waals surface area contributed by atoms with E-state index in [1.165, 1.54) is 0 Å². The van der Waals surface area contributed by atoms with Crippen molar-refractivity contribution in [3.05, 3.63) is 64.1 Å². The van der Waals surface area contributed by atoms with Gasteiger partial charge in [0, 0.05) is 0 Å². The van der Waals surface area contributed by atoms with Crippen LogP contribution in [0.15, 0.2) is 53.0 Å². The van der Waals surface area contributed by atoms with Crippen molar-refractivity contribution in [2.24, 2.45) is 0 Å². The van der Waals surface area contributed by atoms with Crippen LogP contribution in [0.25, 0.3) is 0 Å². The van der Waals surface area contributed by atoms with Gasteiger partial charge in [-0.25, -0.2) is 4.79 Å². The van der Waals surface area contributed by atoms with Crippen LogP contribution < -0.4 is 4.74 Å². The fourth-order valence-electron chi connectivity index (χ4n) is 1.52. The molecule has 0 saturated heterocycles. The number of ether oxygens (including phenoxy) is 1. The zero-order chi connectivity index (χ0) is 13.0. The summed E-state index contributed by atoms with van der Waals surface area (Å²) < 4.78 is 6.49. The van der Waals surface area contributed by atoms with E-state index in [4.69, 9.17) is 9.84 Å². The molecule has 0 unspecified atom stereocenters. The van der Waals surface area contributed by atoms with Crippen LogP contribution >= 0.6 is 15.9 Å². The number of benzene rings is 2. The van der Waals surface area contributed by atoms with E-state index < -0.39 is 5.97 Å². The minimum atomic E-state index is -0.933. The molecule has 2 aromatic rings. The largest absolute Gasteiger partial charge is 0.488 e. The van der Waals surface area contributed by atoms with Crippen molar-refractivity contribution < 1.29 is 14.6 Å². The van der Waals surface area contributed by atoms with E-state index >= 15 is 0 Å². The Labute approximate surface area is 113 Å². The third-order valence-electron chi connectivity index (χ3n) is 2.40. The highest BCUT2D eigenvalue weighted by Crippen LogP contribution is 2.24.